The lowest BCUT2D eigenvalue weighted by atomic mass is 10.1. The Labute approximate surface area is 86.7 Å². The molecule has 1 heterocycles. The van der Waals surface area contributed by atoms with Gasteiger partial charge in [0, 0.05) is 4.47 Å². The van der Waals surface area contributed by atoms with Crippen LogP contribution in [0.5, 0.6) is 0 Å². The fourth-order valence-electron chi connectivity index (χ4n) is 1.32. The Kier molecular flexibility index (Phi) is 2.03. The molecule has 0 aliphatic rings. The number of hydrogen-bond acceptors (Lipinski definition) is 3. The number of aromatic amines is 1. The van der Waals surface area contributed by atoms with Crippen molar-refractivity contribution in [2.24, 2.45) is 0 Å². The molecule has 0 saturated heterocycles. The Hall–Kier alpha value is -1.36. The summed E-state index contributed by atoms with van der Waals surface area (Å²) in [5, 5.41) is 0.402. The molecule has 0 atom stereocenters. The number of aryl methyl sites for hydroxylation is 1. The lowest BCUT2D eigenvalue weighted by Gasteiger charge is -2.00. The van der Waals surface area contributed by atoms with Crippen molar-refractivity contribution in [3.05, 3.63) is 43.1 Å². The van der Waals surface area contributed by atoms with Gasteiger partial charge in [0.15, 0.2) is 0 Å². The summed E-state index contributed by atoms with van der Waals surface area (Å²) in [6.07, 6.45) is 0. The van der Waals surface area contributed by atoms with Gasteiger partial charge in [-0.1, -0.05) is 15.9 Å². The predicted octanol–water partition coefficient (Wildman–Crippen LogP) is 1.55. The maximum Gasteiger partial charge on any atom is 0.419 e. The van der Waals surface area contributed by atoms with Gasteiger partial charge in [-0.15, -0.1) is 0 Å². The van der Waals surface area contributed by atoms with E-state index >= 15 is 0 Å². The monoisotopic (exact) mass is 255 g/mol. The van der Waals surface area contributed by atoms with Crippen LogP contribution in [0.15, 0.2) is 30.6 Å². The maximum atomic E-state index is 11.4. The Balaban J connectivity index is 3.11. The molecular formula is C9H6BrNO3. The molecule has 5 heteroatoms. The number of rotatable bonds is 0. The number of benzene rings is 1. The number of hydrogen-bond donors (Lipinski definition) is 1. The Morgan fingerprint density at radius 2 is 2.07 bits per heavy atom. The van der Waals surface area contributed by atoms with E-state index < -0.39 is 11.4 Å². The van der Waals surface area contributed by atoms with Crippen LogP contribution in [0.2, 0.25) is 0 Å². The largest absolute Gasteiger partial charge is 0.419 e. The molecule has 14 heavy (non-hydrogen) atoms. The highest BCUT2D eigenvalue weighted by molar-refractivity contribution is 9.10. The van der Waals surface area contributed by atoms with E-state index in [1.165, 1.54) is 0 Å². The van der Waals surface area contributed by atoms with Gasteiger partial charge in [0.05, 0.1) is 10.9 Å². The maximum absolute atomic E-state index is 11.4. The average Bonchev–Trinajstić information content (AvgIpc) is 2.10. The predicted molar refractivity (Wildman–Crippen MR) is 55.5 cm³/mol. The number of halogens is 1. The van der Waals surface area contributed by atoms with Gasteiger partial charge in [-0.05, 0) is 24.6 Å². The zero-order valence-corrected chi connectivity index (χ0v) is 8.84. The van der Waals surface area contributed by atoms with Gasteiger partial charge in [0.1, 0.15) is 0 Å². The number of aromatic nitrogens is 1. The van der Waals surface area contributed by atoms with Crippen molar-refractivity contribution in [1.82, 2.24) is 4.98 Å². The molecule has 1 N–H and O–H groups in total. The summed E-state index contributed by atoms with van der Waals surface area (Å²) in [4.78, 5) is 24.7. The van der Waals surface area contributed by atoms with Crippen molar-refractivity contribution < 1.29 is 4.42 Å². The quantitative estimate of drug-likeness (QED) is 0.777. The highest BCUT2D eigenvalue weighted by Crippen LogP contribution is 2.20. The number of nitrogens with one attached hydrogen (secondary N) is 1. The third kappa shape index (κ3) is 1.29. The minimum atomic E-state index is -0.732. The van der Waals surface area contributed by atoms with Crippen molar-refractivity contribution in [3.63, 3.8) is 0 Å². The van der Waals surface area contributed by atoms with Gasteiger partial charge in [-0.3, -0.25) is 4.98 Å². The minimum absolute atomic E-state index is 0.402. The number of H-pyrrole nitrogens is 1. The normalized spacial score (nSPS) is 10.7. The van der Waals surface area contributed by atoms with Crippen LogP contribution in [0.25, 0.3) is 10.9 Å². The van der Waals surface area contributed by atoms with E-state index in [-0.39, 0.29) is 0 Å². The zero-order chi connectivity index (χ0) is 10.3. The molecular weight excluding hydrogens is 250 g/mol. The van der Waals surface area contributed by atoms with Crippen LogP contribution in [0, 0.1) is 6.92 Å². The molecule has 1 aromatic carbocycles. The molecule has 4 nitrogen and oxygen atoms in total. The second-order valence-electron chi connectivity index (χ2n) is 2.90. The molecule has 2 aromatic rings. The van der Waals surface area contributed by atoms with Crippen LogP contribution in [0.3, 0.4) is 0 Å². The van der Waals surface area contributed by atoms with Crippen molar-refractivity contribution in [2.45, 2.75) is 6.92 Å². The summed E-state index contributed by atoms with van der Waals surface area (Å²) >= 11 is 3.30. The van der Waals surface area contributed by atoms with E-state index in [1.54, 1.807) is 19.1 Å². The first kappa shape index (κ1) is 9.21. The average molecular weight is 256 g/mol. The van der Waals surface area contributed by atoms with Crippen molar-refractivity contribution in [1.29, 1.82) is 0 Å². The van der Waals surface area contributed by atoms with Crippen molar-refractivity contribution >= 4 is 26.8 Å². The molecule has 1 aromatic heterocycles. The Morgan fingerprint density at radius 1 is 1.36 bits per heavy atom. The van der Waals surface area contributed by atoms with Crippen LogP contribution in [-0.4, -0.2) is 4.98 Å². The zero-order valence-electron chi connectivity index (χ0n) is 7.26. The Bertz CT molecular complexity index is 611. The van der Waals surface area contributed by atoms with Gasteiger partial charge in [-0.2, -0.15) is 0 Å². The molecule has 0 saturated carbocycles. The van der Waals surface area contributed by atoms with E-state index in [4.69, 9.17) is 0 Å². The fraction of sp³-hybridized carbons (Fsp3) is 0.111. The van der Waals surface area contributed by atoms with Crippen LogP contribution >= 0.6 is 15.9 Å². The van der Waals surface area contributed by atoms with Crippen LogP contribution in [0.1, 0.15) is 5.56 Å². The van der Waals surface area contributed by atoms with E-state index in [2.05, 4.69) is 25.3 Å². The second kappa shape index (κ2) is 3.09. The summed E-state index contributed by atoms with van der Waals surface area (Å²) in [5.74, 6) is -0.732. The third-order valence-corrected chi connectivity index (χ3v) is 2.88. The second-order valence-corrected chi connectivity index (χ2v) is 3.75. The van der Waals surface area contributed by atoms with E-state index in [1.807, 2.05) is 0 Å². The first-order valence-corrected chi connectivity index (χ1v) is 4.71. The van der Waals surface area contributed by atoms with E-state index in [9.17, 15) is 9.59 Å². The highest BCUT2D eigenvalue weighted by atomic mass is 79.9. The van der Waals surface area contributed by atoms with E-state index in [0.717, 1.165) is 10.0 Å². The molecule has 0 fully saturated rings. The highest BCUT2D eigenvalue weighted by Gasteiger charge is 2.07. The number of fused-ring (bicyclic) bond motifs is 1. The molecule has 2 rings (SSSR count). The third-order valence-electron chi connectivity index (χ3n) is 2.03. The van der Waals surface area contributed by atoms with Crippen molar-refractivity contribution in [3.8, 4) is 0 Å². The van der Waals surface area contributed by atoms with Crippen LogP contribution < -0.4 is 11.4 Å². The molecule has 0 unspecified atom stereocenters. The van der Waals surface area contributed by atoms with Gasteiger partial charge >= 0.3 is 11.4 Å². The lowest BCUT2D eigenvalue weighted by molar-refractivity contribution is 0.460. The Morgan fingerprint density at radius 3 is 2.79 bits per heavy atom. The smallest absolute Gasteiger partial charge is 0.372 e. The summed E-state index contributed by atoms with van der Waals surface area (Å²) in [6, 6.07) is 3.43. The first-order chi connectivity index (χ1) is 6.59. The topological polar surface area (TPSA) is 63.1 Å². The van der Waals surface area contributed by atoms with Crippen molar-refractivity contribution in [2.75, 3.05) is 0 Å². The van der Waals surface area contributed by atoms with Gasteiger partial charge in [0.2, 0.25) is 0 Å². The summed E-state index contributed by atoms with van der Waals surface area (Å²) in [5.41, 5.74) is 0.641. The molecule has 0 amide bonds. The van der Waals surface area contributed by atoms with Crippen LogP contribution in [-0.2, 0) is 0 Å². The summed E-state index contributed by atoms with van der Waals surface area (Å²) in [6.45, 7) is 1.78. The fourth-order valence-corrected chi connectivity index (χ4v) is 1.65. The molecule has 0 bridgehead atoms. The summed E-state index contributed by atoms with van der Waals surface area (Å²) in [7, 11) is 0. The van der Waals surface area contributed by atoms with Gasteiger partial charge in [-0.25, -0.2) is 9.59 Å². The minimum Gasteiger partial charge on any atom is -0.372 e. The molecule has 0 aliphatic carbocycles. The van der Waals surface area contributed by atoms with Gasteiger partial charge < -0.3 is 4.42 Å². The molecule has 0 aliphatic heterocycles. The molecule has 0 spiro atoms. The van der Waals surface area contributed by atoms with Crippen LogP contribution in [0.4, 0.5) is 0 Å². The first-order valence-electron chi connectivity index (χ1n) is 3.92. The van der Waals surface area contributed by atoms with E-state index in [0.29, 0.717) is 10.9 Å². The summed E-state index contributed by atoms with van der Waals surface area (Å²) < 4.78 is 5.25. The molecule has 72 valence electrons. The molecule has 0 radical (unpaired) electrons. The lowest BCUT2D eigenvalue weighted by Crippen LogP contribution is -2.15. The SMILES string of the molecule is Cc1c(Br)ccc2[nH]c(=O)oc(=O)c12. The van der Waals surface area contributed by atoms with Gasteiger partial charge in [0.25, 0.3) is 0 Å². The standard InChI is InChI=1S/C9H6BrNO3/c1-4-5(10)2-3-6-7(4)8(12)14-9(13)11-6/h2-3H,1H3,(H,11,13).